The molecule has 3 heterocycles. The molecule has 0 spiro atoms. The van der Waals surface area contributed by atoms with Crippen LogP contribution < -0.4 is 10.2 Å². The molecule has 2 aliphatic rings. The molecule has 1 fully saturated rings. The molecule has 0 saturated carbocycles. The molecule has 0 unspecified atom stereocenters. The summed E-state index contributed by atoms with van der Waals surface area (Å²) in [6.45, 7) is 7.00. The zero-order valence-corrected chi connectivity index (χ0v) is 13.2. The summed E-state index contributed by atoms with van der Waals surface area (Å²) in [6, 6.07) is 6.52. The summed E-state index contributed by atoms with van der Waals surface area (Å²) in [5.41, 5.74) is 2.53. The molecule has 0 aliphatic carbocycles. The van der Waals surface area contributed by atoms with Crippen LogP contribution in [0, 0.1) is 6.92 Å². The van der Waals surface area contributed by atoms with Crippen LogP contribution in [-0.4, -0.2) is 41.8 Å². The number of para-hydroxylation sites is 1. The molecule has 22 heavy (non-hydrogen) atoms. The van der Waals surface area contributed by atoms with Gasteiger partial charge >= 0.3 is 0 Å². The molecule has 0 atom stereocenters. The Morgan fingerprint density at radius 1 is 1.18 bits per heavy atom. The largest absolute Gasteiger partial charge is 0.370 e. The zero-order valence-electron chi connectivity index (χ0n) is 13.2. The number of anilines is 1. The second-order valence-electron chi connectivity index (χ2n) is 6.26. The third kappa shape index (κ3) is 2.34. The number of nitrogens with zero attached hydrogens (tertiary/aromatic N) is 4. The van der Waals surface area contributed by atoms with Gasteiger partial charge in [-0.1, -0.05) is 12.1 Å². The summed E-state index contributed by atoms with van der Waals surface area (Å²) in [5.74, 6) is 2.20. The molecule has 116 valence electrons. The lowest BCUT2D eigenvalue weighted by Crippen LogP contribution is -2.30. The Hall–Kier alpha value is -2.04. The minimum absolute atomic E-state index is 0.745. The van der Waals surface area contributed by atoms with Gasteiger partial charge in [-0.05, 0) is 37.8 Å². The maximum absolute atomic E-state index is 4.96. The lowest BCUT2D eigenvalue weighted by molar-refractivity contribution is 0.569. The normalized spacial score (nSPS) is 18.6. The van der Waals surface area contributed by atoms with Gasteiger partial charge in [-0.2, -0.15) is 5.10 Å². The molecule has 5 heteroatoms. The van der Waals surface area contributed by atoms with Crippen LogP contribution in [0.5, 0.6) is 0 Å². The Bertz CT molecular complexity index is 709. The number of aliphatic imine (C=N–C) groups is 1. The Morgan fingerprint density at radius 3 is 2.82 bits per heavy atom. The van der Waals surface area contributed by atoms with Crippen molar-refractivity contribution in [1.29, 1.82) is 0 Å². The van der Waals surface area contributed by atoms with Gasteiger partial charge in [0.05, 0.1) is 18.6 Å². The average molecular weight is 297 g/mol. The Labute approximate surface area is 131 Å². The van der Waals surface area contributed by atoms with Crippen LogP contribution in [0.2, 0.25) is 0 Å². The highest BCUT2D eigenvalue weighted by molar-refractivity contribution is 5.94. The number of hydrogen-bond acceptors (Lipinski definition) is 4. The molecule has 1 aromatic carbocycles. The van der Waals surface area contributed by atoms with Crippen molar-refractivity contribution in [3.8, 4) is 0 Å². The van der Waals surface area contributed by atoms with Gasteiger partial charge in [0.15, 0.2) is 5.82 Å². The highest BCUT2D eigenvalue weighted by Crippen LogP contribution is 2.30. The molecule has 1 saturated heterocycles. The first-order chi connectivity index (χ1) is 10.8. The van der Waals surface area contributed by atoms with E-state index < -0.39 is 0 Å². The van der Waals surface area contributed by atoms with Crippen molar-refractivity contribution in [2.75, 3.05) is 31.1 Å². The van der Waals surface area contributed by atoms with E-state index in [4.69, 9.17) is 5.10 Å². The monoisotopic (exact) mass is 297 g/mol. The second-order valence-corrected chi connectivity index (χ2v) is 6.26. The number of rotatable bonds is 3. The molecule has 2 aromatic rings. The predicted molar refractivity (Wildman–Crippen MR) is 90.8 cm³/mol. The van der Waals surface area contributed by atoms with Gasteiger partial charge in [0, 0.05) is 25.0 Å². The lowest BCUT2D eigenvalue weighted by atomic mass is 10.1. The lowest BCUT2D eigenvalue weighted by Gasteiger charge is -2.26. The molecule has 0 amide bonds. The third-order valence-corrected chi connectivity index (χ3v) is 4.65. The number of amidine groups is 1. The minimum atomic E-state index is 0.745. The molecule has 4 rings (SSSR count). The maximum atomic E-state index is 4.96. The van der Waals surface area contributed by atoms with E-state index in [0.29, 0.717) is 0 Å². The van der Waals surface area contributed by atoms with Crippen LogP contribution in [-0.2, 0) is 6.54 Å². The summed E-state index contributed by atoms with van der Waals surface area (Å²) >= 11 is 0. The van der Waals surface area contributed by atoms with Crippen LogP contribution in [0.15, 0.2) is 23.2 Å². The number of nitrogens with one attached hydrogen (secondary N) is 1. The predicted octanol–water partition coefficient (Wildman–Crippen LogP) is 2.34. The fraction of sp³-hybridized carbons (Fsp3) is 0.529. The summed E-state index contributed by atoms with van der Waals surface area (Å²) < 4.78 is 2.13. The molecule has 5 nitrogen and oxygen atoms in total. The first-order valence-electron chi connectivity index (χ1n) is 8.31. The van der Waals surface area contributed by atoms with Crippen molar-refractivity contribution < 1.29 is 0 Å². The van der Waals surface area contributed by atoms with Crippen LogP contribution >= 0.6 is 0 Å². The minimum Gasteiger partial charge on any atom is -0.370 e. The zero-order chi connectivity index (χ0) is 14.9. The van der Waals surface area contributed by atoms with Crippen LogP contribution in [0.4, 0.5) is 5.82 Å². The second kappa shape index (κ2) is 5.63. The molecule has 0 radical (unpaired) electrons. The summed E-state index contributed by atoms with van der Waals surface area (Å²) in [7, 11) is 0. The Balaban J connectivity index is 1.78. The van der Waals surface area contributed by atoms with E-state index in [-0.39, 0.29) is 0 Å². The van der Waals surface area contributed by atoms with E-state index in [1.54, 1.807) is 0 Å². The standard InChI is InChI=1S/C17H23N5/c1-13-6-5-7-14-16(13)22(12-15-18-8-9-19-15)20-17(14)21-10-3-2-4-11-21/h5-7H,2-4,8-12H2,1H3,(H,18,19). The van der Waals surface area contributed by atoms with Gasteiger partial charge in [-0.3, -0.25) is 9.67 Å². The van der Waals surface area contributed by atoms with E-state index in [1.165, 1.54) is 35.7 Å². The van der Waals surface area contributed by atoms with Gasteiger partial charge in [0.1, 0.15) is 5.84 Å². The number of aromatic nitrogens is 2. The van der Waals surface area contributed by atoms with Crippen molar-refractivity contribution in [1.82, 2.24) is 15.1 Å². The fourth-order valence-corrected chi connectivity index (χ4v) is 3.55. The third-order valence-electron chi connectivity index (χ3n) is 4.65. The Kier molecular flexibility index (Phi) is 3.48. The van der Waals surface area contributed by atoms with Crippen molar-refractivity contribution >= 4 is 22.6 Å². The first-order valence-corrected chi connectivity index (χ1v) is 8.31. The number of hydrogen-bond donors (Lipinski definition) is 1. The SMILES string of the molecule is Cc1cccc2c(N3CCCCC3)nn(CC3=NCCN3)c12. The molecule has 1 aromatic heterocycles. The number of aryl methyl sites for hydroxylation is 1. The highest BCUT2D eigenvalue weighted by atomic mass is 15.4. The number of fused-ring (bicyclic) bond motifs is 1. The van der Waals surface area contributed by atoms with E-state index >= 15 is 0 Å². The smallest absolute Gasteiger partial charge is 0.158 e. The molecular weight excluding hydrogens is 274 g/mol. The quantitative estimate of drug-likeness (QED) is 0.946. The van der Waals surface area contributed by atoms with Crippen molar-refractivity contribution in [2.24, 2.45) is 4.99 Å². The van der Waals surface area contributed by atoms with Gasteiger partial charge in [-0.15, -0.1) is 0 Å². The van der Waals surface area contributed by atoms with Crippen molar-refractivity contribution in [3.05, 3.63) is 23.8 Å². The van der Waals surface area contributed by atoms with E-state index in [9.17, 15) is 0 Å². The van der Waals surface area contributed by atoms with Gasteiger partial charge in [0.2, 0.25) is 0 Å². The number of piperidine rings is 1. The topological polar surface area (TPSA) is 45.5 Å². The fourth-order valence-electron chi connectivity index (χ4n) is 3.55. The first kappa shape index (κ1) is 13.6. The van der Waals surface area contributed by atoms with Crippen LogP contribution in [0.3, 0.4) is 0 Å². The highest BCUT2D eigenvalue weighted by Gasteiger charge is 2.20. The van der Waals surface area contributed by atoms with Crippen LogP contribution in [0.25, 0.3) is 10.9 Å². The van der Waals surface area contributed by atoms with Crippen molar-refractivity contribution in [3.63, 3.8) is 0 Å². The number of benzene rings is 1. The van der Waals surface area contributed by atoms with Crippen molar-refractivity contribution in [2.45, 2.75) is 32.7 Å². The van der Waals surface area contributed by atoms with Gasteiger partial charge in [-0.25, -0.2) is 0 Å². The Morgan fingerprint density at radius 2 is 2.05 bits per heavy atom. The molecule has 2 aliphatic heterocycles. The summed E-state index contributed by atoms with van der Waals surface area (Å²) in [5, 5.41) is 9.59. The average Bonchev–Trinajstić information content (AvgIpc) is 3.17. The molecular formula is C17H23N5. The van der Waals surface area contributed by atoms with E-state index in [1.807, 2.05) is 0 Å². The molecule has 1 N–H and O–H groups in total. The van der Waals surface area contributed by atoms with E-state index in [0.717, 1.165) is 44.4 Å². The molecule has 0 bridgehead atoms. The summed E-state index contributed by atoms with van der Waals surface area (Å²) in [4.78, 5) is 6.97. The van der Waals surface area contributed by atoms with Gasteiger partial charge in [0.25, 0.3) is 0 Å². The summed E-state index contributed by atoms with van der Waals surface area (Å²) in [6.07, 6.45) is 3.89. The maximum Gasteiger partial charge on any atom is 0.158 e. The van der Waals surface area contributed by atoms with Gasteiger partial charge < -0.3 is 10.2 Å². The van der Waals surface area contributed by atoms with E-state index in [2.05, 4.69) is 45.0 Å². The van der Waals surface area contributed by atoms with Crippen LogP contribution in [0.1, 0.15) is 24.8 Å².